The summed E-state index contributed by atoms with van der Waals surface area (Å²) in [5.41, 5.74) is 12.7. The summed E-state index contributed by atoms with van der Waals surface area (Å²) in [4.78, 5) is 32.5. The highest BCUT2D eigenvalue weighted by Gasteiger charge is 2.64. The Morgan fingerprint density at radius 1 is 1.06 bits per heavy atom. The molecule has 2 amide bonds. The molecule has 2 heterocycles. The normalized spacial score (nSPS) is 16.2. The molecule has 4 N–H and O–H groups in total. The molecule has 1 unspecified atom stereocenters. The molecule has 2 aromatic carbocycles. The fourth-order valence-electron chi connectivity index (χ4n) is 4.38. The number of hydrogen-bond acceptors (Lipinski definition) is 6. The molecule has 5 rings (SSSR count). The summed E-state index contributed by atoms with van der Waals surface area (Å²) in [5.74, 6) is 0.188. The summed E-state index contributed by atoms with van der Waals surface area (Å²) in [5, 5.41) is 0.802. The van der Waals surface area contributed by atoms with Crippen LogP contribution in [0.15, 0.2) is 61.2 Å². The average Bonchev–Trinajstić information content (AvgIpc) is 3.46. The van der Waals surface area contributed by atoms with Crippen LogP contribution in [0.1, 0.15) is 17.9 Å². The van der Waals surface area contributed by atoms with Crippen LogP contribution < -0.4 is 20.9 Å². The number of rotatable bonds is 7. The molecular formula is C25H23N5O4. The van der Waals surface area contributed by atoms with Crippen molar-refractivity contribution in [2.45, 2.75) is 12.3 Å². The van der Waals surface area contributed by atoms with Crippen molar-refractivity contribution in [1.82, 2.24) is 14.5 Å². The maximum Gasteiger partial charge on any atom is 0.233 e. The van der Waals surface area contributed by atoms with Gasteiger partial charge in [-0.1, -0.05) is 12.1 Å². The monoisotopic (exact) mass is 457 g/mol. The van der Waals surface area contributed by atoms with E-state index >= 15 is 0 Å². The third kappa shape index (κ3) is 3.42. The standard InChI is InChI=1S/C25H23N5O4/c1-30-12-20(29-13-30)17-9-16-19(10-22(17)33-2)28-8-7-21(16)34-15-5-3-14(4-6-15)18-11-25(18,23(26)31)24(27)32/h3-10,12-13,18H,11H2,1-2H3,(H2,26,31)(H2,27,32). The first-order chi connectivity index (χ1) is 16.3. The van der Waals surface area contributed by atoms with Gasteiger partial charge in [-0.15, -0.1) is 0 Å². The molecule has 34 heavy (non-hydrogen) atoms. The van der Waals surface area contributed by atoms with E-state index in [9.17, 15) is 9.59 Å². The van der Waals surface area contributed by atoms with Gasteiger partial charge in [-0.3, -0.25) is 14.6 Å². The molecule has 0 bridgehead atoms. The maximum absolute atomic E-state index is 11.8. The van der Waals surface area contributed by atoms with E-state index in [4.69, 9.17) is 20.9 Å². The number of carbonyl (C=O) groups excluding carboxylic acids is 2. The van der Waals surface area contributed by atoms with Gasteiger partial charge in [0.05, 0.1) is 24.6 Å². The molecule has 0 saturated heterocycles. The predicted molar refractivity (Wildman–Crippen MR) is 125 cm³/mol. The third-order valence-electron chi connectivity index (χ3n) is 6.35. The van der Waals surface area contributed by atoms with Gasteiger partial charge in [0.15, 0.2) is 0 Å². The highest BCUT2D eigenvalue weighted by Crippen LogP contribution is 2.59. The lowest BCUT2D eigenvalue weighted by atomic mass is 9.97. The van der Waals surface area contributed by atoms with Crippen LogP contribution in [0.4, 0.5) is 0 Å². The first-order valence-corrected chi connectivity index (χ1v) is 10.7. The summed E-state index contributed by atoms with van der Waals surface area (Å²) in [6, 6.07) is 12.8. The Kier molecular flexibility index (Phi) is 4.97. The molecule has 1 fully saturated rings. The average molecular weight is 457 g/mol. The van der Waals surface area contributed by atoms with Crippen molar-refractivity contribution in [3.8, 4) is 28.5 Å². The molecule has 0 aliphatic heterocycles. The second-order valence-electron chi connectivity index (χ2n) is 8.43. The number of amides is 2. The highest BCUT2D eigenvalue weighted by atomic mass is 16.5. The fourth-order valence-corrected chi connectivity index (χ4v) is 4.38. The lowest BCUT2D eigenvalue weighted by molar-refractivity contribution is -0.133. The number of aromatic nitrogens is 3. The number of imidazole rings is 1. The minimum atomic E-state index is -1.30. The van der Waals surface area contributed by atoms with Gasteiger partial charge < -0.3 is 25.5 Å². The van der Waals surface area contributed by atoms with Gasteiger partial charge in [-0.25, -0.2) is 4.98 Å². The van der Waals surface area contributed by atoms with Crippen LogP contribution in [0.25, 0.3) is 22.2 Å². The molecule has 0 spiro atoms. The van der Waals surface area contributed by atoms with E-state index in [1.54, 1.807) is 37.8 Å². The van der Waals surface area contributed by atoms with Crippen LogP contribution in [-0.2, 0) is 16.6 Å². The predicted octanol–water partition coefficient (Wildman–Crippen LogP) is 2.88. The number of hydrogen-bond donors (Lipinski definition) is 2. The number of pyridine rings is 1. The molecule has 4 aromatic rings. The van der Waals surface area contributed by atoms with Gasteiger partial charge >= 0.3 is 0 Å². The van der Waals surface area contributed by atoms with Gasteiger partial charge in [-0.05, 0) is 36.2 Å². The first kappa shape index (κ1) is 21.4. The van der Waals surface area contributed by atoms with E-state index in [0.717, 1.165) is 27.7 Å². The SMILES string of the molecule is COc1cc2nccc(Oc3ccc(C4CC4(C(N)=O)C(N)=O)cc3)c2cc1-c1cn(C)cn1. The number of carbonyl (C=O) groups is 2. The van der Waals surface area contributed by atoms with Crippen molar-refractivity contribution in [3.05, 3.63) is 66.7 Å². The van der Waals surface area contributed by atoms with Crippen LogP contribution in [0.3, 0.4) is 0 Å². The van der Waals surface area contributed by atoms with E-state index in [1.165, 1.54) is 0 Å². The lowest BCUT2D eigenvalue weighted by Crippen LogP contribution is -2.38. The zero-order valence-electron chi connectivity index (χ0n) is 18.7. The molecule has 172 valence electrons. The van der Waals surface area contributed by atoms with Crippen LogP contribution in [0, 0.1) is 5.41 Å². The van der Waals surface area contributed by atoms with Crippen LogP contribution in [-0.4, -0.2) is 33.5 Å². The molecule has 1 aliphatic rings. The van der Waals surface area contributed by atoms with E-state index in [0.29, 0.717) is 23.7 Å². The van der Waals surface area contributed by atoms with Crippen LogP contribution >= 0.6 is 0 Å². The zero-order chi connectivity index (χ0) is 24.0. The Balaban J connectivity index is 1.46. The van der Waals surface area contributed by atoms with Gasteiger partial charge in [0.2, 0.25) is 11.8 Å². The summed E-state index contributed by atoms with van der Waals surface area (Å²) in [6.45, 7) is 0. The minimum absolute atomic E-state index is 0.313. The number of primary amides is 2. The molecule has 1 saturated carbocycles. The van der Waals surface area contributed by atoms with Gasteiger partial charge in [0.1, 0.15) is 22.7 Å². The fraction of sp³-hybridized carbons (Fsp3) is 0.200. The second-order valence-corrected chi connectivity index (χ2v) is 8.43. The minimum Gasteiger partial charge on any atom is -0.496 e. The Hall–Kier alpha value is -4.40. The van der Waals surface area contributed by atoms with Crippen molar-refractivity contribution in [3.63, 3.8) is 0 Å². The summed E-state index contributed by atoms with van der Waals surface area (Å²) < 4.78 is 13.6. The zero-order valence-corrected chi connectivity index (χ0v) is 18.7. The molecule has 0 radical (unpaired) electrons. The van der Waals surface area contributed by atoms with Crippen molar-refractivity contribution in [2.75, 3.05) is 7.11 Å². The van der Waals surface area contributed by atoms with E-state index in [1.807, 2.05) is 42.1 Å². The van der Waals surface area contributed by atoms with Gasteiger partial charge in [0, 0.05) is 42.4 Å². The number of ether oxygens (including phenoxy) is 2. The van der Waals surface area contributed by atoms with Crippen molar-refractivity contribution in [1.29, 1.82) is 0 Å². The number of nitrogens with two attached hydrogens (primary N) is 2. The molecule has 1 aliphatic carbocycles. The number of aryl methyl sites for hydroxylation is 1. The Morgan fingerprint density at radius 2 is 1.79 bits per heavy atom. The third-order valence-corrected chi connectivity index (χ3v) is 6.35. The van der Waals surface area contributed by atoms with Crippen LogP contribution in [0.5, 0.6) is 17.2 Å². The number of fused-ring (bicyclic) bond motifs is 1. The quantitative estimate of drug-likeness (QED) is 0.410. The topological polar surface area (TPSA) is 135 Å². The Bertz CT molecular complexity index is 1410. The van der Waals surface area contributed by atoms with E-state index in [-0.39, 0.29) is 5.92 Å². The molecule has 9 nitrogen and oxygen atoms in total. The van der Waals surface area contributed by atoms with Crippen molar-refractivity contribution in [2.24, 2.45) is 23.9 Å². The maximum atomic E-state index is 11.8. The number of benzene rings is 2. The Morgan fingerprint density at radius 3 is 2.38 bits per heavy atom. The van der Waals surface area contributed by atoms with Gasteiger partial charge in [0.25, 0.3) is 0 Å². The summed E-state index contributed by atoms with van der Waals surface area (Å²) in [7, 11) is 3.52. The molecular weight excluding hydrogens is 434 g/mol. The molecule has 1 atom stereocenters. The molecule has 9 heteroatoms. The molecule has 2 aromatic heterocycles. The Labute approximate surface area is 195 Å². The van der Waals surface area contributed by atoms with Gasteiger partial charge in [-0.2, -0.15) is 0 Å². The van der Waals surface area contributed by atoms with Crippen molar-refractivity contribution < 1.29 is 19.1 Å². The van der Waals surface area contributed by atoms with Crippen molar-refractivity contribution >= 4 is 22.7 Å². The van der Waals surface area contributed by atoms with Crippen LogP contribution in [0.2, 0.25) is 0 Å². The number of nitrogens with zero attached hydrogens (tertiary/aromatic N) is 3. The summed E-state index contributed by atoms with van der Waals surface area (Å²) >= 11 is 0. The lowest BCUT2D eigenvalue weighted by Gasteiger charge is -2.13. The number of methoxy groups -OCH3 is 1. The summed E-state index contributed by atoms with van der Waals surface area (Å²) in [6.07, 6.45) is 5.64. The second kappa shape index (κ2) is 7.87. The largest absolute Gasteiger partial charge is 0.496 e. The highest BCUT2D eigenvalue weighted by molar-refractivity contribution is 6.08. The first-order valence-electron chi connectivity index (χ1n) is 10.7. The van der Waals surface area contributed by atoms with E-state index < -0.39 is 17.2 Å². The smallest absolute Gasteiger partial charge is 0.233 e. The van der Waals surface area contributed by atoms with E-state index in [2.05, 4.69) is 9.97 Å².